The van der Waals surface area contributed by atoms with Crippen molar-refractivity contribution in [1.82, 2.24) is 0 Å². The van der Waals surface area contributed by atoms with Crippen LogP contribution in [0.1, 0.15) is 127 Å². The average molecular weight is 1710 g/mol. The van der Waals surface area contributed by atoms with Gasteiger partial charge in [0.05, 0.1) is 26.4 Å². The predicted octanol–water partition coefficient (Wildman–Crippen LogP) is 7.82. The van der Waals surface area contributed by atoms with Gasteiger partial charge < -0.3 is 111 Å². The molecule has 0 N–H and O–H groups in total. The smallest absolute Gasteiger partial charge is 0.362 e. The van der Waals surface area contributed by atoms with Crippen molar-refractivity contribution in [2.75, 3.05) is 26.4 Å². The molecule has 12 fully saturated rings. The van der Waals surface area contributed by atoms with Crippen molar-refractivity contribution in [3.8, 4) is 23.0 Å². The van der Waals surface area contributed by atoms with E-state index in [4.69, 9.17) is 128 Å². The van der Waals surface area contributed by atoms with Gasteiger partial charge in [0.15, 0.2) is 71.5 Å². The van der Waals surface area contributed by atoms with Gasteiger partial charge >= 0.3 is 41.6 Å². The molecule has 0 aliphatic carbocycles. The Morgan fingerprint density at radius 2 is 0.409 bits per heavy atom. The molecule has 12 heterocycles. The lowest BCUT2D eigenvalue weighted by molar-refractivity contribution is -0.238. The normalized spacial score (nSPS) is 35.3. The first kappa shape index (κ1) is 87.7. The SMILES string of the molecule is CC1(C)OC2[C@@H](O1)C(COS(=O)(=O)Oc1ccccc1)O[C@@H]1OC(C)(C)O[C@@H]21.Cc1ccc(OS(=O)(=O)OCC2O[C@@H]3OC(C)(C)O[C@H]3C3OC(C)(C)O[C@@H]23)cc1.Cc1ccc(OS(=O)(=O)OCC2O[C@@H]3OC(C)(C)O[C@H]3C3OC(C)(C)O[C@@H]23)cc1.Cc1ccc(OS(=O)(=O)OCC2O[C@@H]3OC(C)(C)O[C@H]3C3OC(C)(C)O[C@@H]23)cc1. The van der Waals surface area contributed by atoms with Gasteiger partial charge in [-0.15, -0.1) is 0 Å². The fraction of sp³-hybridized carbons (Fsp3) is 0.680. The van der Waals surface area contributed by atoms with Gasteiger partial charge in [-0.05, 0) is 180 Å². The molecule has 0 radical (unpaired) electrons. The van der Waals surface area contributed by atoms with Crippen LogP contribution < -0.4 is 16.7 Å². The van der Waals surface area contributed by atoms with Crippen LogP contribution in [0.5, 0.6) is 23.0 Å². The summed E-state index contributed by atoms with van der Waals surface area (Å²) in [6.45, 7) is 32.8. The fourth-order valence-corrected chi connectivity index (χ4v) is 17.5. The third kappa shape index (κ3) is 22.2. The summed E-state index contributed by atoms with van der Waals surface area (Å²) in [7, 11) is -17.2. The number of hydrogen-bond donors (Lipinski definition) is 0. The predicted molar refractivity (Wildman–Crippen MR) is 392 cm³/mol. The molecule has 16 rings (SSSR count). The summed E-state index contributed by atoms with van der Waals surface area (Å²) in [5.74, 6) is -6.28. The minimum atomic E-state index is -4.30. The van der Waals surface area contributed by atoms with Crippen LogP contribution in [0.25, 0.3) is 0 Å². The second-order valence-electron chi connectivity index (χ2n) is 32.7. The number of hydrogen-bond acceptors (Lipinski definition) is 36. The molecule has 8 unspecified atom stereocenters. The Labute approximate surface area is 670 Å². The van der Waals surface area contributed by atoms with Crippen LogP contribution in [0, 0.1) is 20.8 Å². The molecule has 4 aromatic rings. The van der Waals surface area contributed by atoms with E-state index in [1.165, 1.54) is 12.1 Å². The number of fused-ring (bicyclic) bond motifs is 12. The van der Waals surface area contributed by atoms with Crippen molar-refractivity contribution >= 4 is 41.6 Å². The number of para-hydroxylation sites is 1. The first-order valence-electron chi connectivity index (χ1n) is 37.4. The zero-order valence-corrected chi connectivity index (χ0v) is 70.3. The van der Waals surface area contributed by atoms with Gasteiger partial charge in [0.25, 0.3) is 0 Å². The Balaban J connectivity index is 0.000000134. The second-order valence-corrected chi connectivity index (χ2v) is 37.6. The quantitative estimate of drug-likeness (QED) is 0.0813. The summed E-state index contributed by atoms with van der Waals surface area (Å²) in [5, 5.41) is 0. The zero-order valence-electron chi connectivity index (χ0n) is 67.0. The van der Waals surface area contributed by atoms with E-state index < -0.39 is 211 Å². The first-order valence-corrected chi connectivity index (χ1v) is 42.7. The van der Waals surface area contributed by atoms with Gasteiger partial charge in [-0.3, -0.25) is 0 Å². The molecule has 12 aliphatic rings. The molecule has 12 saturated heterocycles. The number of aryl methyl sites for hydroxylation is 3. The summed E-state index contributed by atoms with van der Waals surface area (Å²) in [5.41, 5.74) is 2.94. The van der Waals surface area contributed by atoms with Crippen LogP contribution in [-0.2, 0) is 153 Å². The number of ether oxygens (including phenoxy) is 20. The Kier molecular flexibility index (Phi) is 25.0. The Bertz CT molecular complexity index is 4150. The van der Waals surface area contributed by atoms with E-state index in [9.17, 15) is 33.7 Å². The third-order valence-corrected chi connectivity index (χ3v) is 22.4. The lowest BCUT2D eigenvalue weighted by Gasteiger charge is -2.36. The molecular weight excluding hydrogens is 1610 g/mol. The van der Waals surface area contributed by atoms with E-state index in [1.54, 1.807) is 202 Å². The molecule has 0 aromatic heterocycles. The lowest BCUT2D eigenvalue weighted by atomic mass is 9.99. The van der Waals surface area contributed by atoms with Gasteiger partial charge in [0.2, 0.25) is 0 Å². The van der Waals surface area contributed by atoms with E-state index in [0.717, 1.165) is 16.7 Å². The second kappa shape index (κ2) is 32.7. The molecule has 4 aromatic carbocycles. The van der Waals surface area contributed by atoms with Crippen molar-refractivity contribution in [2.24, 2.45) is 0 Å². The summed E-state index contributed by atoms with van der Waals surface area (Å²) in [4.78, 5) is 0. The van der Waals surface area contributed by atoms with E-state index in [1.807, 2.05) is 20.8 Å². The third-order valence-electron chi connectivity index (χ3n) is 19.1. The van der Waals surface area contributed by atoms with Crippen LogP contribution in [0.3, 0.4) is 0 Å². The van der Waals surface area contributed by atoms with Crippen LogP contribution in [0.4, 0.5) is 0 Å². The van der Waals surface area contributed by atoms with Gasteiger partial charge in [0, 0.05) is 0 Å². The molecule has 40 heteroatoms. The molecule has 0 saturated carbocycles. The molecule has 36 nitrogen and oxygen atoms in total. The molecule has 20 atom stereocenters. The highest BCUT2D eigenvalue weighted by molar-refractivity contribution is 7.83. The minimum Gasteiger partial charge on any atom is -0.362 e. The van der Waals surface area contributed by atoms with Gasteiger partial charge in [0.1, 0.15) is 121 Å². The average Bonchev–Trinajstić information content (AvgIpc) is 1.61. The maximum atomic E-state index is 12.2. The van der Waals surface area contributed by atoms with Gasteiger partial charge in [-0.25, -0.2) is 16.7 Å². The maximum absolute atomic E-state index is 12.2. The van der Waals surface area contributed by atoms with Crippen LogP contribution >= 0.6 is 0 Å². The van der Waals surface area contributed by atoms with E-state index in [-0.39, 0.29) is 49.4 Å². The van der Waals surface area contributed by atoms with E-state index >= 15 is 0 Å². The van der Waals surface area contributed by atoms with Crippen molar-refractivity contribution in [3.05, 3.63) is 120 Å². The molecule has 642 valence electrons. The molecule has 115 heavy (non-hydrogen) atoms. The van der Waals surface area contributed by atoms with Crippen molar-refractivity contribution in [3.63, 3.8) is 0 Å². The monoisotopic (exact) mass is 1710 g/mol. The summed E-state index contributed by atoms with van der Waals surface area (Å²) in [6, 6.07) is 27.8. The van der Waals surface area contributed by atoms with Crippen molar-refractivity contribution in [1.29, 1.82) is 0 Å². The van der Waals surface area contributed by atoms with Gasteiger partial charge in [-0.1, -0.05) is 71.3 Å². The molecule has 12 aliphatic heterocycles. The van der Waals surface area contributed by atoms with Crippen LogP contribution in [0.2, 0.25) is 0 Å². The summed E-state index contributed by atoms with van der Waals surface area (Å²) in [6.07, 6.45) is -12.2. The summed E-state index contributed by atoms with van der Waals surface area (Å²) >= 11 is 0. The lowest BCUT2D eigenvalue weighted by Crippen LogP contribution is -2.56. The molecular formula is C75H102O36S4. The van der Waals surface area contributed by atoms with Crippen LogP contribution in [0.15, 0.2) is 103 Å². The van der Waals surface area contributed by atoms with Crippen LogP contribution in [-0.4, -0.2) is 229 Å². The zero-order chi connectivity index (χ0) is 83.2. The Hall–Kier alpha value is -5.08. The number of benzene rings is 4. The molecule has 0 bridgehead atoms. The Morgan fingerprint density at radius 1 is 0.235 bits per heavy atom. The van der Waals surface area contributed by atoms with E-state index in [2.05, 4.69) is 0 Å². The molecule has 0 spiro atoms. The molecule has 0 amide bonds. The highest BCUT2D eigenvalue weighted by Gasteiger charge is 2.66. The maximum Gasteiger partial charge on any atom is 0.449 e. The fourth-order valence-electron chi connectivity index (χ4n) is 14.7. The topological polar surface area (TPSA) is 395 Å². The van der Waals surface area contributed by atoms with E-state index in [0.29, 0.717) is 0 Å². The first-order chi connectivity index (χ1) is 53.3. The largest absolute Gasteiger partial charge is 0.449 e. The van der Waals surface area contributed by atoms with Gasteiger partial charge in [-0.2, -0.15) is 33.7 Å². The highest BCUT2D eigenvalue weighted by Crippen LogP contribution is 2.49. The standard InChI is InChI=1S/3C19H26O9S.C18H24O9S/c3*1-11-6-8-12(9-7-11)28-29(20,21)22-10-13-14-15(25-18(2,3)24-14)16-17(23-13)27-19(4,5)26-16;1-17(2)23-13-12(10-21-28(19,20)27-11-8-6-5-7-9-11)22-16-15(14(13)24-17)25-18(3,4)26-16/h3*6-9,13-17H,10H2,1-5H3;5-9,12-16H,10H2,1-4H3/t3*13?,14-,15?,16-,17+;12?,13-,14?,15-,16+/m0000/s1. The summed E-state index contributed by atoms with van der Waals surface area (Å²) < 4.78 is 256. The minimum absolute atomic E-state index is 0.154. The highest BCUT2D eigenvalue weighted by atomic mass is 32.3. The number of rotatable bonds is 20. The van der Waals surface area contributed by atoms with Crippen molar-refractivity contribution in [2.45, 2.75) is 301 Å². The Morgan fingerprint density at radius 3 is 0.617 bits per heavy atom. The van der Waals surface area contributed by atoms with Crippen molar-refractivity contribution < 1.29 is 162 Å².